The van der Waals surface area contributed by atoms with Crippen molar-refractivity contribution in [3.63, 3.8) is 0 Å². The molecule has 0 bridgehead atoms. The molecule has 0 saturated carbocycles. The van der Waals surface area contributed by atoms with Crippen molar-refractivity contribution >= 4 is 35.8 Å². The Balaban J connectivity index is 0.00000729. The van der Waals surface area contributed by atoms with Crippen molar-refractivity contribution in [3.05, 3.63) is 29.8 Å². The van der Waals surface area contributed by atoms with Crippen LogP contribution in [-0.2, 0) is 11.3 Å². The maximum atomic E-state index is 12.2. The van der Waals surface area contributed by atoms with Gasteiger partial charge in [-0.05, 0) is 54.5 Å². The van der Waals surface area contributed by atoms with Crippen LogP contribution in [0.25, 0.3) is 0 Å². The van der Waals surface area contributed by atoms with Gasteiger partial charge in [0.1, 0.15) is 11.4 Å². The van der Waals surface area contributed by atoms with Crippen molar-refractivity contribution < 1.29 is 9.53 Å². The summed E-state index contributed by atoms with van der Waals surface area (Å²) in [6, 6.07) is 7.92. The molecule has 7 heteroatoms. The number of halogens is 1. The van der Waals surface area contributed by atoms with E-state index in [2.05, 4.69) is 10.6 Å². The first-order chi connectivity index (χ1) is 12.4. The SMILES string of the molecule is CCNC(=NCc1ccccc1OC(C)(C)C)N(C)CC(=O)NC(C)(C)C.I. The first-order valence-electron chi connectivity index (χ1n) is 9.48. The molecule has 1 aromatic rings. The van der Waals surface area contributed by atoms with E-state index < -0.39 is 0 Å². The predicted molar refractivity (Wildman–Crippen MR) is 128 cm³/mol. The van der Waals surface area contributed by atoms with E-state index in [-0.39, 0.29) is 47.6 Å². The van der Waals surface area contributed by atoms with Gasteiger partial charge in [0.05, 0.1) is 13.1 Å². The number of amides is 1. The number of hydrogen-bond acceptors (Lipinski definition) is 3. The minimum absolute atomic E-state index is 0. The zero-order chi connectivity index (χ0) is 20.7. The van der Waals surface area contributed by atoms with Gasteiger partial charge in [-0.1, -0.05) is 18.2 Å². The minimum Gasteiger partial charge on any atom is -0.488 e. The zero-order valence-electron chi connectivity index (χ0n) is 18.5. The van der Waals surface area contributed by atoms with Crippen LogP contribution in [0.1, 0.15) is 54.0 Å². The lowest BCUT2D eigenvalue weighted by Crippen LogP contribution is -2.48. The molecular weight excluding hydrogens is 467 g/mol. The number of nitrogens with zero attached hydrogens (tertiary/aromatic N) is 2. The van der Waals surface area contributed by atoms with E-state index in [0.29, 0.717) is 12.5 Å². The van der Waals surface area contributed by atoms with Crippen LogP contribution in [0.5, 0.6) is 5.75 Å². The number of likely N-dealkylation sites (N-methyl/N-ethyl adjacent to an activating group) is 1. The summed E-state index contributed by atoms with van der Waals surface area (Å²) < 4.78 is 6.04. The van der Waals surface area contributed by atoms with Gasteiger partial charge in [-0.3, -0.25) is 4.79 Å². The largest absolute Gasteiger partial charge is 0.488 e. The van der Waals surface area contributed by atoms with E-state index in [1.165, 1.54) is 0 Å². The summed E-state index contributed by atoms with van der Waals surface area (Å²) >= 11 is 0. The molecule has 0 aliphatic rings. The van der Waals surface area contributed by atoms with Gasteiger partial charge in [-0.25, -0.2) is 4.99 Å². The summed E-state index contributed by atoms with van der Waals surface area (Å²) in [5.74, 6) is 1.48. The highest BCUT2D eigenvalue weighted by Gasteiger charge is 2.17. The van der Waals surface area contributed by atoms with Crippen molar-refractivity contribution in [1.29, 1.82) is 0 Å². The average Bonchev–Trinajstić information content (AvgIpc) is 2.49. The molecule has 0 unspecified atom stereocenters. The highest BCUT2D eigenvalue weighted by molar-refractivity contribution is 14.0. The molecule has 28 heavy (non-hydrogen) atoms. The second-order valence-electron chi connectivity index (χ2n) is 8.65. The third-order valence-corrected chi connectivity index (χ3v) is 3.38. The Labute approximate surface area is 187 Å². The molecule has 6 nitrogen and oxygen atoms in total. The third-order valence-electron chi connectivity index (χ3n) is 3.38. The molecule has 0 aliphatic heterocycles. The van der Waals surface area contributed by atoms with E-state index in [1.54, 1.807) is 0 Å². The molecule has 0 aromatic heterocycles. The highest BCUT2D eigenvalue weighted by atomic mass is 127. The van der Waals surface area contributed by atoms with E-state index in [1.807, 2.05) is 84.7 Å². The van der Waals surface area contributed by atoms with Crippen molar-refractivity contribution in [2.75, 3.05) is 20.1 Å². The van der Waals surface area contributed by atoms with Crippen LogP contribution >= 0.6 is 24.0 Å². The number of aliphatic imine (C=N–C) groups is 1. The normalized spacial score (nSPS) is 12.1. The van der Waals surface area contributed by atoms with E-state index in [0.717, 1.165) is 17.9 Å². The monoisotopic (exact) mass is 504 g/mol. The molecule has 0 radical (unpaired) electrons. The predicted octanol–water partition coefficient (Wildman–Crippen LogP) is 3.79. The van der Waals surface area contributed by atoms with Gasteiger partial charge in [0.2, 0.25) is 5.91 Å². The van der Waals surface area contributed by atoms with Gasteiger partial charge in [0.25, 0.3) is 0 Å². The first-order valence-corrected chi connectivity index (χ1v) is 9.48. The van der Waals surface area contributed by atoms with Crippen LogP contribution in [0, 0.1) is 0 Å². The third kappa shape index (κ3) is 10.7. The number of nitrogens with one attached hydrogen (secondary N) is 2. The van der Waals surface area contributed by atoms with Crippen LogP contribution in [0.4, 0.5) is 0 Å². The van der Waals surface area contributed by atoms with Gasteiger partial charge in [0, 0.05) is 24.7 Å². The molecule has 0 atom stereocenters. The number of benzene rings is 1. The van der Waals surface area contributed by atoms with Gasteiger partial charge < -0.3 is 20.3 Å². The van der Waals surface area contributed by atoms with Crippen LogP contribution in [0.15, 0.2) is 29.3 Å². The lowest BCUT2D eigenvalue weighted by molar-refractivity contribution is -0.122. The lowest BCUT2D eigenvalue weighted by atomic mass is 10.1. The van der Waals surface area contributed by atoms with Gasteiger partial charge in [0.15, 0.2) is 5.96 Å². The number of ether oxygens (including phenoxy) is 1. The van der Waals surface area contributed by atoms with Crippen molar-refractivity contribution in [3.8, 4) is 5.75 Å². The van der Waals surface area contributed by atoms with Gasteiger partial charge in [-0.2, -0.15) is 0 Å². The number of para-hydroxylation sites is 1. The van der Waals surface area contributed by atoms with Crippen LogP contribution in [-0.4, -0.2) is 48.0 Å². The molecular formula is C21H37IN4O2. The molecule has 0 fully saturated rings. The topological polar surface area (TPSA) is 66.0 Å². The van der Waals surface area contributed by atoms with Crippen LogP contribution in [0.2, 0.25) is 0 Å². The van der Waals surface area contributed by atoms with Crippen molar-refractivity contribution in [2.45, 2.75) is 66.2 Å². The maximum Gasteiger partial charge on any atom is 0.240 e. The number of hydrogen-bond donors (Lipinski definition) is 2. The summed E-state index contributed by atoms with van der Waals surface area (Å²) in [6.07, 6.45) is 0. The number of guanidine groups is 1. The summed E-state index contributed by atoms with van der Waals surface area (Å²) in [4.78, 5) is 18.7. The zero-order valence-corrected chi connectivity index (χ0v) is 20.9. The Hall–Kier alpha value is -1.51. The molecule has 0 aliphatic carbocycles. The molecule has 0 saturated heterocycles. The number of carbonyl (C=O) groups excluding carboxylic acids is 1. The summed E-state index contributed by atoms with van der Waals surface area (Å²) in [7, 11) is 1.86. The van der Waals surface area contributed by atoms with E-state index >= 15 is 0 Å². The second kappa shape index (κ2) is 11.5. The quantitative estimate of drug-likeness (QED) is 0.352. The Morgan fingerprint density at radius 3 is 2.29 bits per heavy atom. The fraction of sp³-hybridized carbons (Fsp3) is 0.619. The van der Waals surface area contributed by atoms with E-state index in [4.69, 9.17) is 9.73 Å². The minimum atomic E-state index is -0.272. The average molecular weight is 504 g/mol. The molecule has 1 aromatic carbocycles. The van der Waals surface area contributed by atoms with Gasteiger partial charge in [-0.15, -0.1) is 24.0 Å². The fourth-order valence-electron chi connectivity index (χ4n) is 2.44. The van der Waals surface area contributed by atoms with Crippen LogP contribution < -0.4 is 15.4 Å². The Morgan fingerprint density at radius 1 is 1.14 bits per heavy atom. The van der Waals surface area contributed by atoms with E-state index in [9.17, 15) is 4.79 Å². The Kier molecular flexibility index (Phi) is 10.9. The summed E-state index contributed by atoms with van der Waals surface area (Å²) in [6.45, 7) is 15.4. The van der Waals surface area contributed by atoms with Crippen LogP contribution in [0.3, 0.4) is 0 Å². The molecule has 2 N–H and O–H groups in total. The Bertz CT molecular complexity index is 649. The Morgan fingerprint density at radius 2 is 1.75 bits per heavy atom. The highest BCUT2D eigenvalue weighted by Crippen LogP contribution is 2.23. The second-order valence-corrected chi connectivity index (χ2v) is 8.65. The fourth-order valence-corrected chi connectivity index (χ4v) is 2.44. The van der Waals surface area contributed by atoms with Crippen molar-refractivity contribution in [2.24, 2.45) is 4.99 Å². The molecule has 0 spiro atoms. The first kappa shape index (κ1) is 26.5. The maximum absolute atomic E-state index is 12.2. The summed E-state index contributed by atoms with van der Waals surface area (Å²) in [5, 5.41) is 6.22. The molecule has 1 rings (SSSR count). The lowest BCUT2D eigenvalue weighted by Gasteiger charge is -2.26. The smallest absolute Gasteiger partial charge is 0.240 e. The summed E-state index contributed by atoms with van der Waals surface area (Å²) in [5.41, 5.74) is 0.485. The van der Waals surface area contributed by atoms with Crippen molar-refractivity contribution in [1.82, 2.24) is 15.5 Å². The van der Waals surface area contributed by atoms with Gasteiger partial charge >= 0.3 is 0 Å². The molecule has 160 valence electrons. The standard InChI is InChI=1S/C21H36N4O2.HI/c1-9-22-19(25(8)15-18(26)24-20(2,3)4)23-14-16-12-10-11-13-17(16)27-21(5,6)7;/h10-13H,9,14-15H2,1-8H3,(H,22,23)(H,24,26);1H. The number of rotatable bonds is 6. The molecule has 0 heterocycles. The number of carbonyl (C=O) groups is 1. The molecule has 1 amide bonds.